The van der Waals surface area contributed by atoms with Gasteiger partial charge in [-0.3, -0.25) is 14.5 Å². The van der Waals surface area contributed by atoms with Crippen molar-refractivity contribution < 1.29 is 14.3 Å². The molecule has 0 spiro atoms. The summed E-state index contributed by atoms with van der Waals surface area (Å²) in [4.78, 5) is 27.9. The van der Waals surface area contributed by atoms with E-state index in [1.807, 2.05) is 43.1 Å². The highest BCUT2D eigenvalue weighted by atomic mass is 16.5. The van der Waals surface area contributed by atoms with Crippen LogP contribution in [0.3, 0.4) is 0 Å². The number of benzene rings is 1. The third-order valence-corrected chi connectivity index (χ3v) is 4.77. The summed E-state index contributed by atoms with van der Waals surface area (Å²) < 4.78 is 5.37. The van der Waals surface area contributed by atoms with E-state index in [0.29, 0.717) is 19.6 Å². The van der Waals surface area contributed by atoms with E-state index in [4.69, 9.17) is 10.5 Å². The lowest BCUT2D eigenvalue weighted by molar-refractivity contribution is -0.139. The van der Waals surface area contributed by atoms with E-state index in [2.05, 4.69) is 0 Å². The van der Waals surface area contributed by atoms with Crippen LogP contribution in [0.15, 0.2) is 24.3 Å². The zero-order chi connectivity index (χ0) is 17.7. The fourth-order valence-corrected chi connectivity index (χ4v) is 3.10. The number of carbonyl (C=O) groups is 2. The number of hydrogen-bond donors (Lipinski definition) is 1. The van der Waals surface area contributed by atoms with Gasteiger partial charge in [-0.15, -0.1) is 0 Å². The van der Waals surface area contributed by atoms with Crippen LogP contribution in [-0.2, 0) is 16.1 Å². The number of carbonyl (C=O) groups excluding carboxylic acids is 2. The minimum atomic E-state index is -0.317. The van der Waals surface area contributed by atoms with Gasteiger partial charge in [-0.1, -0.05) is 18.2 Å². The lowest BCUT2D eigenvalue weighted by atomic mass is 9.97. The Hall–Kier alpha value is -2.08. The highest BCUT2D eigenvalue weighted by molar-refractivity contribution is 5.83. The molecule has 0 aliphatic carbocycles. The number of ether oxygens (including phenoxy) is 1. The van der Waals surface area contributed by atoms with E-state index in [1.165, 1.54) is 0 Å². The van der Waals surface area contributed by atoms with E-state index >= 15 is 0 Å². The Balaban J connectivity index is 2.00. The number of likely N-dealkylation sites (N-methyl/N-ethyl adjacent to an activating group) is 1. The van der Waals surface area contributed by atoms with Crippen molar-refractivity contribution in [2.24, 2.45) is 11.7 Å². The van der Waals surface area contributed by atoms with E-state index < -0.39 is 0 Å². The predicted octanol–water partition coefficient (Wildman–Crippen LogP) is 1.24. The zero-order valence-electron chi connectivity index (χ0n) is 14.7. The quantitative estimate of drug-likeness (QED) is 0.850. The molecule has 1 fully saturated rings. The number of primary amides is 1. The molecule has 1 heterocycles. The second kappa shape index (κ2) is 8.15. The molecule has 0 unspecified atom stereocenters. The van der Waals surface area contributed by atoms with Gasteiger partial charge in [0.15, 0.2) is 0 Å². The van der Waals surface area contributed by atoms with Gasteiger partial charge in [0.05, 0.1) is 19.1 Å². The normalized spacial score (nSPS) is 19.2. The smallest absolute Gasteiger partial charge is 0.239 e. The lowest BCUT2D eigenvalue weighted by Gasteiger charge is -2.35. The fourth-order valence-electron chi connectivity index (χ4n) is 3.10. The Kier molecular flexibility index (Phi) is 6.20. The maximum absolute atomic E-state index is 12.8. The molecule has 1 aliphatic heterocycles. The summed E-state index contributed by atoms with van der Waals surface area (Å²) in [6.07, 6.45) is 1.59. The first kappa shape index (κ1) is 18.3. The van der Waals surface area contributed by atoms with Gasteiger partial charge in [0.2, 0.25) is 11.8 Å². The van der Waals surface area contributed by atoms with Crippen LogP contribution in [0, 0.1) is 5.92 Å². The summed E-state index contributed by atoms with van der Waals surface area (Å²) in [5.74, 6) is 0.311. The minimum Gasteiger partial charge on any atom is -0.496 e. The van der Waals surface area contributed by atoms with Gasteiger partial charge in [-0.05, 0) is 32.9 Å². The number of rotatable bonds is 6. The first-order valence-electron chi connectivity index (χ1n) is 8.34. The molecule has 0 bridgehead atoms. The summed E-state index contributed by atoms with van der Waals surface area (Å²) in [7, 11) is 3.57. The average Bonchev–Trinajstić information content (AvgIpc) is 2.60. The maximum Gasteiger partial charge on any atom is 0.239 e. The summed E-state index contributed by atoms with van der Waals surface area (Å²) in [5.41, 5.74) is 6.44. The number of nitrogens with two attached hydrogens (primary N) is 1. The van der Waals surface area contributed by atoms with Crippen LogP contribution in [0.5, 0.6) is 5.75 Å². The van der Waals surface area contributed by atoms with Crippen LogP contribution in [0.4, 0.5) is 0 Å². The number of likely N-dealkylation sites (tertiary alicyclic amines) is 1. The van der Waals surface area contributed by atoms with Crippen molar-refractivity contribution in [3.05, 3.63) is 29.8 Å². The monoisotopic (exact) mass is 333 g/mol. The minimum absolute atomic E-state index is 0.0401. The average molecular weight is 333 g/mol. The SMILES string of the molecule is COc1ccccc1CN(C)[C@@H](C)C(=O)N1CCC[C@H](C(N)=O)C1. The fraction of sp³-hybridized carbons (Fsp3) is 0.556. The van der Waals surface area contributed by atoms with Gasteiger partial charge in [0.1, 0.15) is 5.75 Å². The molecule has 0 saturated carbocycles. The van der Waals surface area contributed by atoms with Crippen molar-refractivity contribution in [3.8, 4) is 5.75 Å². The lowest BCUT2D eigenvalue weighted by Crippen LogP contribution is -2.50. The third kappa shape index (κ3) is 4.26. The zero-order valence-corrected chi connectivity index (χ0v) is 14.7. The molecule has 2 rings (SSSR count). The van der Waals surface area contributed by atoms with Crippen molar-refractivity contribution in [3.63, 3.8) is 0 Å². The molecule has 0 aromatic heterocycles. The van der Waals surface area contributed by atoms with Gasteiger partial charge < -0.3 is 15.4 Å². The Morgan fingerprint density at radius 1 is 1.42 bits per heavy atom. The summed E-state index contributed by atoms with van der Waals surface area (Å²) in [6, 6.07) is 7.52. The van der Waals surface area contributed by atoms with Crippen molar-refractivity contribution >= 4 is 11.8 Å². The van der Waals surface area contributed by atoms with E-state index in [9.17, 15) is 9.59 Å². The van der Waals surface area contributed by atoms with Crippen molar-refractivity contribution in [1.82, 2.24) is 9.80 Å². The predicted molar refractivity (Wildman–Crippen MR) is 92.4 cm³/mol. The molecule has 2 atom stereocenters. The Morgan fingerprint density at radius 3 is 2.79 bits per heavy atom. The van der Waals surface area contributed by atoms with Crippen molar-refractivity contribution in [1.29, 1.82) is 0 Å². The molecule has 0 radical (unpaired) electrons. The Morgan fingerprint density at radius 2 is 2.12 bits per heavy atom. The first-order chi connectivity index (χ1) is 11.4. The van der Waals surface area contributed by atoms with Gasteiger partial charge in [-0.25, -0.2) is 0 Å². The number of nitrogens with zero attached hydrogens (tertiary/aromatic N) is 2. The van der Waals surface area contributed by atoms with E-state index in [-0.39, 0.29) is 23.8 Å². The molecular formula is C18H27N3O3. The Labute approximate surface area is 143 Å². The standard InChI is InChI=1S/C18H27N3O3/c1-13(18(23)21-10-6-8-15(12-21)17(19)22)20(2)11-14-7-4-5-9-16(14)24-3/h4-5,7,9,13,15H,6,8,10-12H2,1-3H3,(H2,19,22)/t13-,15-/m0/s1. The van der Waals surface area contributed by atoms with Gasteiger partial charge in [0.25, 0.3) is 0 Å². The van der Waals surface area contributed by atoms with Crippen molar-refractivity contribution in [2.75, 3.05) is 27.2 Å². The number of hydrogen-bond acceptors (Lipinski definition) is 4. The molecule has 24 heavy (non-hydrogen) atoms. The second-order valence-corrected chi connectivity index (χ2v) is 6.43. The molecule has 2 N–H and O–H groups in total. The molecule has 2 amide bonds. The van der Waals surface area contributed by atoms with Gasteiger partial charge >= 0.3 is 0 Å². The van der Waals surface area contributed by atoms with Crippen LogP contribution in [-0.4, -0.2) is 54.9 Å². The number of amides is 2. The molecule has 132 valence electrons. The van der Waals surface area contributed by atoms with Crippen LogP contribution in [0.1, 0.15) is 25.3 Å². The number of para-hydroxylation sites is 1. The molecular weight excluding hydrogens is 306 g/mol. The van der Waals surface area contributed by atoms with Gasteiger partial charge in [-0.2, -0.15) is 0 Å². The van der Waals surface area contributed by atoms with Crippen LogP contribution < -0.4 is 10.5 Å². The highest BCUT2D eigenvalue weighted by Crippen LogP contribution is 2.21. The molecule has 6 heteroatoms. The Bertz CT molecular complexity index is 591. The highest BCUT2D eigenvalue weighted by Gasteiger charge is 2.30. The van der Waals surface area contributed by atoms with Crippen molar-refractivity contribution in [2.45, 2.75) is 32.4 Å². The number of piperidine rings is 1. The second-order valence-electron chi connectivity index (χ2n) is 6.43. The molecule has 1 aliphatic rings. The molecule has 1 saturated heterocycles. The first-order valence-corrected chi connectivity index (χ1v) is 8.34. The third-order valence-electron chi connectivity index (χ3n) is 4.77. The van der Waals surface area contributed by atoms with Gasteiger partial charge in [0, 0.05) is 25.2 Å². The molecule has 1 aromatic carbocycles. The van der Waals surface area contributed by atoms with Crippen LogP contribution in [0.2, 0.25) is 0 Å². The van der Waals surface area contributed by atoms with E-state index in [1.54, 1.807) is 12.0 Å². The van der Waals surface area contributed by atoms with E-state index in [0.717, 1.165) is 24.2 Å². The summed E-state index contributed by atoms with van der Waals surface area (Å²) in [5, 5.41) is 0. The van der Waals surface area contributed by atoms with Crippen LogP contribution >= 0.6 is 0 Å². The number of methoxy groups -OCH3 is 1. The molecule has 1 aromatic rings. The maximum atomic E-state index is 12.8. The van der Waals surface area contributed by atoms with Crippen LogP contribution in [0.25, 0.3) is 0 Å². The largest absolute Gasteiger partial charge is 0.496 e. The molecule has 6 nitrogen and oxygen atoms in total. The summed E-state index contributed by atoms with van der Waals surface area (Å²) in [6.45, 7) is 3.63. The summed E-state index contributed by atoms with van der Waals surface area (Å²) >= 11 is 0. The topological polar surface area (TPSA) is 75.9 Å².